The quantitative estimate of drug-likeness (QED) is 0.502. The summed E-state index contributed by atoms with van der Waals surface area (Å²) in [5, 5.41) is 0. The molecule has 7 heteroatoms. The van der Waals surface area contributed by atoms with E-state index in [0.29, 0.717) is 46.9 Å². The fourth-order valence-electron chi connectivity index (χ4n) is 3.56. The summed E-state index contributed by atoms with van der Waals surface area (Å²) in [5.41, 5.74) is 2.60. The van der Waals surface area contributed by atoms with Gasteiger partial charge in [-0.25, -0.2) is 4.79 Å². The van der Waals surface area contributed by atoms with Gasteiger partial charge in [0.15, 0.2) is 5.78 Å². The standard InChI is InChI=1S/C22H28N2O5/c1-7-23(21(26)16-9-11-17(28-5)12-10-16)13-18(25)19-14(3)20(22(27)29-6)24(8-2)15(19)4/h9-12H,7-8,13H2,1-6H3. The zero-order valence-electron chi connectivity index (χ0n) is 17.9. The number of carbonyl (C=O) groups is 3. The number of esters is 1. The molecule has 2 aromatic rings. The second-order valence-electron chi connectivity index (χ2n) is 6.64. The van der Waals surface area contributed by atoms with E-state index in [1.165, 1.54) is 12.0 Å². The number of hydrogen-bond acceptors (Lipinski definition) is 5. The van der Waals surface area contributed by atoms with Crippen molar-refractivity contribution in [3.05, 3.63) is 52.3 Å². The van der Waals surface area contributed by atoms with E-state index in [1.54, 1.807) is 49.8 Å². The van der Waals surface area contributed by atoms with Gasteiger partial charge in [0.1, 0.15) is 11.4 Å². The first kappa shape index (κ1) is 22.2. The molecule has 156 valence electrons. The van der Waals surface area contributed by atoms with Crippen LogP contribution in [0.15, 0.2) is 24.3 Å². The lowest BCUT2D eigenvalue weighted by Crippen LogP contribution is -2.35. The molecular weight excluding hydrogens is 372 g/mol. The van der Waals surface area contributed by atoms with Gasteiger partial charge in [0.25, 0.3) is 5.91 Å². The number of likely N-dealkylation sites (N-methyl/N-ethyl adjacent to an activating group) is 1. The normalized spacial score (nSPS) is 10.6. The van der Waals surface area contributed by atoms with Crippen LogP contribution in [0.25, 0.3) is 0 Å². The van der Waals surface area contributed by atoms with Crippen LogP contribution in [0.3, 0.4) is 0 Å². The third-order valence-corrected chi connectivity index (χ3v) is 5.08. The van der Waals surface area contributed by atoms with E-state index >= 15 is 0 Å². The monoisotopic (exact) mass is 400 g/mol. The van der Waals surface area contributed by atoms with Crippen LogP contribution in [0.4, 0.5) is 0 Å². The number of ether oxygens (including phenoxy) is 2. The van der Waals surface area contributed by atoms with Crippen molar-refractivity contribution in [2.75, 3.05) is 27.3 Å². The molecule has 1 heterocycles. The Morgan fingerprint density at radius 2 is 1.66 bits per heavy atom. The summed E-state index contributed by atoms with van der Waals surface area (Å²) in [7, 11) is 2.88. The summed E-state index contributed by atoms with van der Waals surface area (Å²) in [4.78, 5) is 39.6. The van der Waals surface area contributed by atoms with Gasteiger partial charge in [-0.3, -0.25) is 9.59 Å². The maximum absolute atomic E-state index is 13.1. The van der Waals surface area contributed by atoms with Gasteiger partial charge in [0.05, 0.1) is 20.8 Å². The minimum Gasteiger partial charge on any atom is -0.497 e. The van der Waals surface area contributed by atoms with Gasteiger partial charge in [-0.2, -0.15) is 0 Å². The molecule has 1 aromatic heterocycles. The summed E-state index contributed by atoms with van der Waals surface area (Å²) in [6.07, 6.45) is 0. The van der Waals surface area contributed by atoms with Crippen molar-refractivity contribution in [2.45, 2.75) is 34.2 Å². The number of rotatable bonds is 8. The van der Waals surface area contributed by atoms with Gasteiger partial charge in [0.2, 0.25) is 0 Å². The Kier molecular flexibility index (Phi) is 7.20. The van der Waals surface area contributed by atoms with E-state index in [0.717, 1.165) is 0 Å². The van der Waals surface area contributed by atoms with Gasteiger partial charge in [0, 0.05) is 29.9 Å². The van der Waals surface area contributed by atoms with Crippen LogP contribution < -0.4 is 4.74 Å². The highest BCUT2D eigenvalue weighted by molar-refractivity contribution is 6.06. The van der Waals surface area contributed by atoms with Gasteiger partial charge >= 0.3 is 5.97 Å². The zero-order valence-corrected chi connectivity index (χ0v) is 17.9. The fourth-order valence-corrected chi connectivity index (χ4v) is 3.56. The van der Waals surface area contributed by atoms with E-state index in [4.69, 9.17) is 9.47 Å². The van der Waals surface area contributed by atoms with Crippen molar-refractivity contribution >= 4 is 17.7 Å². The average molecular weight is 400 g/mol. The highest BCUT2D eigenvalue weighted by atomic mass is 16.5. The van der Waals surface area contributed by atoms with Crippen molar-refractivity contribution in [3.63, 3.8) is 0 Å². The SMILES string of the molecule is CCN(CC(=O)c1c(C)c(C(=O)OC)n(CC)c1C)C(=O)c1ccc(OC)cc1. The molecule has 0 radical (unpaired) electrons. The van der Waals surface area contributed by atoms with Gasteiger partial charge in [-0.05, 0) is 57.5 Å². The number of hydrogen-bond donors (Lipinski definition) is 0. The molecule has 2 rings (SSSR count). The van der Waals surface area contributed by atoms with Crippen molar-refractivity contribution in [2.24, 2.45) is 0 Å². The number of nitrogens with zero attached hydrogens (tertiary/aromatic N) is 2. The molecule has 0 N–H and O–H groups in total. The number of amides is 1. The van der Waals surface area contributed by atoms with Crippen LogP contribution in [0.2, 0.25) is 0 Å². The molecule has 0 aliphatic rings. The molecule has 0 saturated carbocycles. The molecule has 29 heavy (non-hydrogen) atoms. The first-order valence-corrected chi connectivity index (χ1v) is 9.55. The van der Waals surface area contributed by atoms with Crippen LogP contribution in [0.5, 0.6) is 5.75 Å². The van der Waals surface area contributed by atoms with Crippen LogP contribution >= 0.6 is 0 Å². The first-order valence-electron chi connectivity index (χ1n) is 9.55. The third kappa shape index (κ3) is 4.34. The second kappa shape index (κ2) is 9.41. The largest absolute Gasteiger partial charge is 0.497 e. The van der Waals surface area contributed by atoms with Crippen LogP contribution in [-0.4, -0.2) is 54.4 Å². The minimum absolute atomic E-state index is 0.0720. The van der Waals surface area contributed by atoms with Gasteiger partial charge in [-0.15, -0.1) is 0 Å². The predicted octanol–water partition coefficient (Wildman–Crippen LogP) is 3.27. The van der Waals surface area contributed by atoms with Crippen molar-refractivity contribution < 1.29 is 23.9 Å². The maximum Gasteiger partial charge on any atom is 0.354 e. The predicted molar refractivity (Wildman–Crippen MR) is 110 cm³/mol. The topological polar surface area (TPSA) is 77.8 Å². The maximum atomic E-state index is 13.1. The Morgan fingerprint density at radius 1 is 1.03 bits per heavy atom. The molecule has 1 aromatic carbocycles. The molecule has 0 saturated heterocycles. The summed E-state index contributed by atoms with van der Waals surface area (Å²) < 4.78 is 11.8. The lowest BCUT2D eigenvalue weighted by Gasteiger charge is -2.20. The summed E-state index contributed by atoms with van der Waals surface area (Å²) in [6, 6.07) is 6.77. The molecular formula is C22H28N2O5. The Balaban J connectivity index is 2.33. The Bertz CT molecular complexity index is 912. The molecule has 0 atom stereocenters. The average Bonchev–Trinajstić information content (AvgIpc) is 3.00. The lowest BCUT2D eigenvalue weighted by atomic mass is 10.0. The van der Waals surface area contributed by atoms with Gasteiger partial charge in [-0.1, -0.05) is 0 Å². The molecule has 0 spiro atoms. The van der Waals surface area contributed by atoms with Crippen molar-refractivity contribution in [1.82, 2.24) is 9.47 Å². The third-order valence-electron chi connectivity index (χ3n) is 5.08. The van der Waals surface area contributed by atoms with E-state index in [1.807, 2.05) is 13.8 Å². The Hall–Kier alpha value is -3.09. The molecule has 0 unspecified atom stereocenters. The number of carbonyl (C=O) groups excluding carboxylic acids is 3. The molecule has 0 bridgehead atoms. The van der Waals surface area contributed by atoms with Crippen LogP contribution in [0, 0.1) is 13.8 Å². The minimum atomic E-state index is -0.479. The Morgan fingerprint density at radius 3 is 2.14 bits per heavy atom. The first-order chi connectivity index (χ1) is 13.8. The molecule has 7 nitrogen and oxygen atoms in total. The zero-order chi connectivity index (χ0) is 21.7. The van der Waals surface area contributed by atoms with E-state index in [2.05, 4.69) is 0 Å². The van der Waals surface area contributed by atoms with Crippen LogP contribution in [0.1, 0.15) is 56.3 Å². The summed E-state index contributed by atoms with van der Waals surface area (Å²) in [6.45, 7) is 8.11. The number of methoxy groups -OCH3 is 2. The molecule has 0 aliphatic carbocycles. The number of Topliss-reactive ketones (excluding diaryl/α,β-unsaturated/α-hetero) is 1. The smallest absolute Gasteiger partial charge is 0.354 e. The van der Waals surface area contributed by atoms with Crippen molar-refractivity contribution in [1.29, 1.82) is 0 Å². The molecule has 1 amide bonds. The fraction of sp³-hybridized carbons (Fsp3) is 0.409. The number of benzene rings is 1. The highest BCUT2D eigenvalue weighted by Gasteiger charge is 2.28. The van der Waals surface area contributed by atoms with Gasteiger partial charge < -0.3 is 18.9 Å². The van der Waals surface area contributed by atoms with E-state index in [-0.39, 0.29) is 18.2 Å². The highest BCUT2D eigenvalue weighted by Crippen LogP contribution is 2.24. The molecule has 0 fully saturated rings. The number of ketones is 1. The number of aromatic nitrogens is 1. The molecule has 0 aliphatic heterocycles. The summed E-state index contributed by atoms with van der Waals surface area (Å²) >= 11 is 0. The van der Waals surface area contributed by atoms with Crippen molar-refractivity contribution in [3.8, 4) is 5.75 Å². The Labute approximate surface area is 171 Å². The lowest BCUT2D eigenvalue weighted by molar-refractivity contribution is 0.0587. The van der Waals surface area contributed by atoms with E-state index < -0.39 is 5.97 Å². The van der Waals surface area contributed by atoms with E-state index in [9.17, 15) is 14.4 Å². The van der Waals surface area contributed by atoms with Crippen LogP contribution in [-0.2, 0) is 11.3 Å². The summed E-state index contributed by atoms with van der Waals surface area (Å²) in [5.74, 6) is -0.265. The second-order valence-corrected chi connectivity index (χ2v) is 6.64.